The number of hydrogen-bond acceptors (Lipinski definition) is 6. The van der Waals surface area contributed by atoms with Crippen molar-refractivity contribution in [3.8, 4) is 11.5 Å². The van der Waals surface area contributed by atoms with Crippen LogP contribution in [0.3, 0.4) is 0 Å². The molecule has 1 spiro atoms. The second-order valence-corrected chi connectivity index (χ2v) is 9.48. The largest absolute Gasteiger partial charge is 0.504 e. The highest BCUT2D eigenvalue weighted by Gasteiger charge is 2.70. The highest BCUT2D eigenvalue weighted by molar-refractivity contribution is 6.15. The number of benzene rings is 3. The molecule has 0 aromatic heterocycles. The van der Waals surface area contributed by atoms with Gasteiger partial charge in [0.1, 0.15) is 11.4 Å². The van der Waals surface area contributed by atoms with Gasteiger partial charge in [-0.25, -0.2) is 4.39 Å². The molecule has 0 aliphatic carbocycles. The number of para-hydroxylation sites is 1. The number of hydrogen-bond donors (Lipinski definition) is 4. The number of fused-ring (bicyclic) bond motifs is 4. The van der Waals surface area contributed by atoms with Crippen molar-refractivity contribution in [1.29, 1.82) is 0 Å². The molecule has 3 aromatic rings. The van der Waals surface area contributed by atoms with Crippen LogP contribution in [0.2, 0.25) is 0 Å². The van der Waals surface area contributed by atoms with Gasteiger partial charge in [-0.05, 0) is 47.9 Å². The maximum absolute atomic E-state index is 13.8. The Morgan fingerprint density at radius 2 is 1.61 bits per heavy atom. The van der Waals surface area contributed by atoms with Crippen molar-refractivity contribution in [2.75, 3.05) is 5.32 Å². The first kappa shape index (κ1) is 22.2. The number of phenolic OH excluding ortho intramolecular Hbond substituents is 2. The molecule has 8 nitrogen and oxygen atoms in total. The van der Waals surface area contributed by atoms with Gasteiger partial charge in [0, 0.05) is 17.3 Å². The Labute approximate surface area is 205 Å². The van der Waals surface area contributed by atoms with Gasteiger partial charge in [0.25, 0.3) is 0 Å². The lowest BCUT2D eigenvalue weighted by Gasteiger charge is -2.29. The van der Waals surface area contributed by atoms with Crippen molar-refractivity contribution < 1.29 is 29.0 Å². The molecule has 3 aromatic carbocycles. The monoisotopic (exact) mass is 487 g/mol. The molecule has 3 aliphatic heterocycles. The summed E-state index contributed by atoms with van der Waals surface area (Å²) in [5, 5.41) is 25.8. The van der Waals surface area contributed by atoms with Gasteiger partial charge in [-0.1, -0.05) is 36.4 Å². The van der Waals surface area contributed by atoms with E-state index in [-0.39, 0.29) is 24.5 Å². The first-order valence-electron chi connectivity index (χ1n) is 11.6. The second-order valence-electron chi connectivity index (χ2n) is 9.48. The van der Waals surface area contributed by atoms with E-state index in [1.807, 2.05) is 0 Å². The van der Waals surface area contributed by atoms with Gasteiger partial charge in [0.15, 0.2) is 11.5 Å². The number of halogens is 1. The molecule has 0 radical (unpaired) electrons. The SMILES string of the molecule is O=C1[C@@H]2C(Cc3ccc(O)c(O)c3)NC3(C(=O)Nc4ccccc43)[C@@H]2C(=O)N1Cc1ccc(F)cc1. The number of aromatic hydroxyl groups is 2. The molecule has 0 saturated carbocycles. The number of amides is 3. The summed E-state index contributed by atoms with van der Waals surface area (Å²) in [6.07, 6.45) is 0.232. The Morgan fingerprint density at radius 3 is 2.36 bits per heavy atom. The fourth-order valence-electron chi connectivity index (χ4n) is 5.87. The zero-order valence-electron chi connectivity index (χ0n) is 18.9. The van der Waals surface area contributed by atoms with E-state index < -0.39 is 47.0 Å². The second kappa shape index (κ2) is 7.89. The Kier molecular flexibility index (Phi) is 4.87. The van der Waals surface area contributed by atoms with Crippen LogP contribution >= 0.6 is 0 Å². The number of nitrogens with one attached hydrogen (secondary N) is 2. The van der Waals surface area contributed by atoms with E-state index in [1.54, 1.807) is 30.3 Å². The summed E-state index contributed by atoms with van der Waals surface area (Å²) >= 11 is 0. The zero-order chi connectivity index (χ0) is 25.2. The highest BCUT2D eigenvalue weighted by atomic mass is 19.1. The van der Waals surface area contributed by atoms with E-state index in [0.717, 1.165) is 4.90 Å². The average Bonchev–Trinajstić information content (AvgIpc) is 3.43. The van der Waals surface area contributed by atoms with Crippen LogP contribution in [0.1, 0.15) is 16.7 Å². The third-order valence-electron chi connectivity index (χ3n) is 7.46. The van der Waals surface area contributed by atoms with Crippen LogP contribution in [0, 0.1) is 17.7 Å². The van der Waals surface area contributed by atoms with Crippen LogP contribution < -0.4 is 10.6 Å². The van der Waals surface area contributed by atoms with Crippen molar-refractivity contribution in [3.63, 3.8) is 0 Å². The first-order chi connectivity index (χ1) is 17.3. The molecule has 3 heterocycles. The first-order valence-corrected chi connectivity index (χ1v) is 11.6. The van der Waals surface area contributed by atoms with E-state index in [4.69, 9.17) is 0 Å². The highest BCUT2D eigenvalue weighted by Crippen LogP contribution is 2.53. The molecular weight excluding hydrogens is 465 g/mol. The molecule has 2 fully saturated rings. The minimum absolute atomic E-state index is 0.0307. The third-order valence-corrected chi connectivity index (χ3v) is 7.46. The Morgan fingerprint density at radius 1 is 0.889 bits per heavy atom. The van der Waals surface area contributed by atoms with Gasteiger partial charge in [0.2, 0.25) is 17.7 Å². The topological polar surface area (TPSA) is 119 Å². The summed E-state index contributed by atoms with van der Waals surface area (Å²) < 4.78 is 13.4. The third kappa shape index (κ3) is 3.12. The average molecular weight is 487 g/mol. The number of anilines is 1. The summed E-state index contributed by atoms with van der Waals surface area (Å²) in [5.41, 5.74) is 0.966. The lowest BCUT2D eigenvalue weighted by Crippen LogP contribution is -2.53. The predicted octanol–water partition coefficient (Wildman–Crippen LogP) is 2.40. The molecule has 4 N–H and O–H groups in total. The minimum Gasteiger partial charge on any atom is -0.504 e. The molecule has 2 unspecified atom stereocenters. The zero-order valence-corrected chi connectivity index (χ0v) is 18.9. The van der Waals surface area contributed by atoms with E-state index in [0.29, 0.717) is 22.4 Å². The van der Waals surface area contributed by atoms with Gasteiger partial charge >= 0.3 is 0 Å². The number of carbonyl (C=O) groups is 3. The van der Waals surface area contributed by atoms with Crippen molar-refractivity contribution in [1.82, 2.24) is 10.2 Å². The summed E-state index contributed by atoms with van der Waals surface area (Å²) in [7, 11) is 0. The Hall–Kier alpha value is -4.24. The van der Waals surface area contributed by atoms with Crippen LogP contribution in [0.15, 0.2) is 66.7 Å². The molecule has 3 aliphatic rings. The molecule has 6 rings (SSSR count). The normalized spacial score (nSPS) is 26.4. The number of carbonyl (C=O) groups excluding carboxylic acids is 3. The van der Waals surface area contributed by atoms with Crippen LogP contribution in [0.25, 0.3) is 0 Å². The molecule has 9 heteroatoms. The van der Waals surface area contributed by atoms with Crippen molar-refractivity contribution >= 4 is 23.4 Å². The lowest BCUT2D eigenvalue weighted by molar-refractivity contribution is -0.143. The van der Waals surface area contributed by atoms with Crippen LogP contribution in [-0.2, 0) is 32.9 Å². The maximum atomic E-state index is 13.8. The number of rotatable bonds is 4. The number of imide groups is 1. The number of likely N-dealkylation sites (tertiary alicyclic amines) is 1. The fourth-order valence-corrected chi connectivity index (χ4v) is 5.87. The Balaban J connectivity index is 1.43. The van der Waals surface area contributed by atoms with Gasteiger partial charge in [-0.2, -0.15) is 0 Å². The maximum Gasteiger partial charge on any atom is 0.250 e. The molecule has 3 amide bonds. The number of nitrogens with zero attached hydrogens (tertiary/aromatic N) is 1. The van der Waals surface area contributed by atoms with E-state index in [2.05, 4.69) is 10.6 Å². The van der Waals surface area contributed by atoms with Crippen LogP contribution in [0.4, 0.5) is 10.1 Å². The van der Waals surface area contributed by atoms with Crippen molar-refractivity contribution in [3.05, 3.63) is 89.2 Å². The predicted molar refractivity (Wildman–Crippen MR) is 126 cm³/mol. The molecule has 2 saturated heterocycles. The summed E-state index contributed by atoms with van der Waals surface area (Å²) in [5.74, 6) is -4.10. The standard InChI is InChI=1S/C27H22FN3O5/c28-16-8-5-14(6-9-16)13-31-24(34)22-19(11-15-7-10-20(32)21(33)12-15)30-27(23(22)25(31)35)17-3-1-2-4-18(17)29-26(27)36/h1-10,12,19,22-23,30,32-33H,11,13H2,(H,29,36)/t19?,22-,23+,27?/m1/s1. The van der Waals surface area contributed by atoms with Gasteiger partial charge in [-0.15, -0.1) is 0 Å². The molecule has 0 bridgehead atoms. The van der Waals surface area contributed by atoms with Gasteiger partial charge in [0.05, 0.1) is 18.4 Å². The van der Waals surface area contributed by atoms with E-state index in [9.17, 15) is 29.0 Å². The van der Waals surface area contributed by atoms with E-state index in [1.165, 1.54) is 36.4 Å². The fraction of sp³-hybridized carbons (Fsp3) is 0.222. The van der Waals surface area contributed by atoms with Crippen molar-refractivity contribution in [2.45, 2.75) is 24.5 Å². The molecule has 182 valence electrons. The van der Waals surface area contributed by atoms with Gasteiger partial charge in [-0.3, -0.25) is 24.6 Å². The van der Waals surface area contributed by atoms with Gasteiger partial charge < -0.3 is 15.5 Å². The molecule has 36 heavy (non-hydrogen) atoms. The van der Waals surface area contributed by atoms with E-state index >= 15 is 0 Å². The quantitative estimate of drug-likeness (QED) is 0.332. The summed E-state index contributed by atoms with van der Waals surface area (Å²) in [6.45, 7) is -0.0307. The molecular formula is C27H22FN3O5. The smallest absolute Gasteiger partial charge is 0.250 e. The summed E-state index contributed by atoms with van der Waals surface area (Å²) in [4.78, 5) is 42.2. The minimum atomic E-state index is -1.44. The summed E-state index contributed by atoms with van der Waals surface area (Å²) in [6, 6.07) is 16.4. The Bertz CT molecular complexity index is 1430. The van der Waals surface area contributed by atoms with Crippen LogP contribution in [-0.4, -0.2) is 38.9 Å². The number of phenols is 2. The lowest BCUT2D eigenvalue weighted by atomic mass is 9.76. The van der Waals surface area contributed by atoms with Crippen molar-refractivity contribution in [2.24, 2.45) is 11.8 Å². The van der Waals surface area contributed by atoms with Crippen LogP contribution in [0.5, 0.6) is 11.5 Å². The molecule has 4 atom stereocenters.